The van der Waals surface area contributed by atoms with Crippen molar-refractivity contribution in [3.8, 4) is 0 Å². The summed E-state index contributed by atoms with van der Waals surface area (Å²) < 4.78 is 0. The Kier molecular flexibility index (Phi) is 6.75. The number of nitrogens with one attached hydrogen (secondary N) is 2. The molecule has 8 nitrogen and oxygen atoms in total. The number of hydrogen-bond donors (Lipinski definition) is 2. The molecule has 0 unspecified atom stereocenters. The van der Waals surface area contributed by atoms with Crippen molar-refractivity contribution < 1.29 is 9.59 Å². The average molecular weight is 324 g/mol. The van der Waals surface area contributed by atoms with Crippen molar-refractivity contribution in [3.63, 3.8) is 0 Å². The van der Waals surface area contributed by atoms with Gasteiger partial charge in [0.25, 0.3) is 0 Å². The smallest absolute Gasteiger partial charge is 0.240 e. The average Bonchev–Trinajstić information content (AvgIpc) is 2.62. The summed E-state index contributed by atoms with van der Waals surface area (Å²) in [6.07, 6.45) is 6.11. The Hall–Kier alpha value is -3.42. The van der Waals surface area contributed by atoms with E-state index in [1.165, 1.54) is 12.4 Å². The molecule has 2 N–H and O–H groups in total. The number of carbonyl (C=O) groups is 2. The molecule has 0 aromatic carbocycles. The number of nitrogens with zero attached hydrogens (tertiary/aromatic N) is 4. The van der Waals surface area contributed by atoms with Crippen LogP contribution in [-0.2, 0) is 9.59 Å². The molecule has 0 saturated carbocycles. The maximum atomic E-state index is 11.6. The summed E-state index contributed by atoms with van der Waals surface area (Å²) in [4.78, 5) is 31.2. The Labute approximate surface area is 138 Å². The second-order valence-electron chi connectivity index (χ2n) is 4.60. The molecule has 0 bridgehead atoms. The fourth-order valence-corrected chi connectivity index (χ4v) is 1.58. The van der Waals surface area contributed by atoms with Crippen LogP contribution in [0.3, 0.4) is 0 Å². The fraction of sp³-hybridized carbons (Fsp3) is 0.125. The molecular weight excluding hydrogens is 308 g/mol. The zero-order valence-corrected chi connectivity index (χ0v) is 12.8. The van der Waals surface area contributed by atoms with Crippen LogP contribution in [0.5, 0.6) is 0 Å². The minimum atomic E-state index is -0.369. The lowest BCUT2D eigenvalue weighted by molar-refractivity contribution is -0.126. The van der Waals surface area contributed by atoms with Crippen LogP contribution in [0.1, 0.15) is 24.2 Å². The van der Waals surface area contributed by atoms with Crippen molar-refractivity contribution in [1.82, 2.24) is 20.8 Å². The molecule has 24 heavy (non-hydrogen) atoms. The van der Waals surface area contributed by atoms with Gasteiger partial charge < -0.3 is 0 Å². The largest absolute Gasteiger partial charge is 0.273 e. The van der Waals surface area contributed by atoms with Gasteiger partial charge >= 0.3 is 0 Å². The van der Waals surface area contributed by atoms with E-state index in [0.29, 0.717) is 11.4 Å². The Balaban J connectivity index is 1.65. The maximum absolute atomic E-state index is 11.6. The minimum absolute atomic E-state index is 0.00446. The third-order valence-corrected chi connectivity index (χ3v) is 2.73. The van der Waals surface area contributed by atoms with E-state index >= 15 is 0 Å². The SMILES string of the molecule is O=C(CCC(=O)N/N=C/c1ccccn1)N/N=C/c1ccccn1. The highest BCUT2D eigenvalue weighted by Crippen LogP contribution is 1.91. The molecule has 0 atom stereocenters. The number of rotatable bonds is 7. The van der Waals surface area contributed by atoms with Crippen molar-refractivity contribution in [1.29, 1.82) is 0 Å². The van der Waals surface area contributed by atoms with Gasteiger partial charge in [-0.25, -0.2) is 10.9 Å². The first-order valence-corrected chi connectivity index (χ1v) is 7.20. The Morgan fingerprint density at radius 1 is 0.833 bits per heavy atom. The molecule has 0 saturated heterocycles. The first kappa shape index (κ1) is 16.9. The highest BCUT2D eigenvalue weighted by Gasteiger charge is 2.05. The van der Waals surface area contributed by atoms with Crippen LogP contribution in [-0.4, -0.2) is 34.2 Å². The standard InChI is InChI=1S/C16H16N6O2/c23-15(21-19-11-13-5-1-3-9-17-13)7-8-16(24)22-20-12-14-6-2-4-10-18-14/h1-6,9-12H,7-8H2,(H,21,23)(H,22,24)/b19-11+,20-12+. The number of hydrogen-bond acceptors (Lipinski definition) is 6. The number of hydrazone groups is 2. The van der Waals surface area contributed by atoms with Crippen LogP contribution < -0.4 is 10.9 Å². The van der Waals surface area contributed by atoms with Gasteiger partial charge in [-0.05, 0) is 24.3 Å². The van der Waals surface area contributed by atoms with Crippen LogP contribution in [0.15, 0.2) is 59.0 Å². The lowest BCUT2D eigenvalue weighted by Gasteiger charge is -1.99. The van der Waals surface area contributed by atoms with E-state index in [-0.39, 0.29) is 24.7 Å². The summed E-state index contributed by atoms with van der Waals surface area (Å²) in [6.45, 7) is 0. The Bertz CT molecular complexity index is 652. The molecule has 2 amide bonds. The maximum Gasteiger partial charge on any atom is 0.240 e. The van der Waals surface area contributed by atoms with E-state index in [1.54, 1.807) is 36.7 Å². The fourth-order valence-electron chi connectivity index (χ4n) is 1.58. The van der Waals surface area contributed by atoms with Gasteiger partial charge in [-0.15, -0.1) is 0 Å². The van der Waals surface area contributed by atoms with Crippen LogP contribution in [0, 0.1) is 0 Å². The third-order valence-electron chi connectivity index (χ3n) is 2.73. The zero-order valence-electron chi connectivity index (χ0n) is 12.8. The molecule has 2 rings (SSSR count). The van der Waals surface area contributed by atoms with Gasteiger partial charge in [0, 0.05) is 25.2 Å². The van der Waals surface area contributed by atoms with Gasteiger partial charge in [-0.1, -0.05) is 12.1 Å². The molecule has 0 aliphatic rings. The van der Waals surface area contributed by atoms with Gasteiger partial charge in [0.2, 0.25) is 11.8 Å². The van der Waals surface area contributed by atoms with Crippen molar-refractivity contribution in [2.75, 3.05) is 0 Å². The summed E-state index contributed by atoms with van der Waals surface area (Å²) >= 11 is 0. The van der Waals surface area contributed by atoms with E-state index in [1.807, 2.05) is 12.1 Å². The molecule has 0 radical (unpaired) electrons. The molecule has 0 aliphatic heterocycles. The minimum Gasteiger partial charge on any atom is -0.273 e. The molecule has 2 aromatic heterocycles. The molecule has 2 heterocycles. The van der Waals surface area contributed by atoms with Crippen LogP contribution in [0.4, 0.5) is 0 Å². The predicted molar refractivity (Wildman–Crippen MR) is 89.2 cm³/mol. The second-order valence-corrected chi connectivity index (χ2v) is 4.60. The second kappa shape index (κ2) is 9.57. The van der Waals surface area contributed by atoms with Gasteiger partial charge in [0.15, 0.2) is 0 Å². The van der Waals surface area contributed by atoms with Crippen LogP contribution >= 0.6 is 0 Å². The van der Waals surface area contributed by atoms with Gasteiger partial charge in [0.1, 0.15) is 0 Å². The molecular formula is C16H16N6O2. The van der Waals surface area contributed by atoms with E-state index in [4.69, 9.17) is 0 Å². The van der Waals surface area contributed by atoms with Crippen LogP contribution in [0.2, 0.25) is 0 Å². The molecule has 0 fully saturated rings. The Morgan fingerprint density at radius 3 is 1.67 bits per heavy atom. The zero-order chi connectivity index (χ0) is 17.0. The number of amides is 2. The lowest BCUT2D eigenvalue weighted by Crippen LogP contribution is -2.22. The summed E-state index contributed by atoms with van der Waals surface area (Å²) in [5, 5.41) is 7.53. The summed E-state index contributed by atoms with van der Waals surface area (Å²) in [7, 11) is 0. The quantitative estimate of drug-likeness (QED) is 0.581. The normalized spacial score (nSPS) is 10.8. The van der Waals surface area contributed by atoms with Gasteiger partial charge in [-0.2, -0.15) is 10.2 Å². The molecule has 122 valence electrons. The first-order valence-electron chi connectivity index (χ1n) is 7.20. The van der Waals surface area contributed by atoms with Crippen molar-refractivity contribution in [2.24, 2.45) is 10.2 Å². The van der Waals surface area contributed by atoms with Gasteiger partial charge in [-0.3, -0.25) is 19.6 Å². The topological polar surface area (TPSA) is 109 Å². The highest BCUT2D eigenvalue weighted by molar-refractivity contribution is 5.85. The van der Waals surface area contributed by atoms with E-state index in [9.17, 15) is 9.59 Å². The van der Waals surface area contributed by atoms with E-state index in [0.717, 1.165) is 0 Å². The lowest BCUT2D eigenvalue weighted by atomic mass is 10.3. The van der Waals surface area contributed by atoms with E-state index in [2.05, 4.69) is 31.0 Å². The summed E-state index contributed by atoms with van der Waals surface area (Å²) in [6, 6.07) is 10.7. The van der Waals surface area contributed by atoms with Crippen molar-refractivity contribution >= 4 is 24.2 Å². The summed E-state index contributed by atoms with van der Waals surface area (Å²) in [5.41, 5.74) is 5.91. The van der Waals surface area contributed by atoms with Crippen molar-refractivity contribution in [3.05, 3.63) is 60.2 Å². The first-order chi connectivity index (χ1) is 11.7. The van der Waals surface area contributed by atoms with E-state index < -0.39 is 0 Å². The number of carbonyl (C=O) groups excluding carboxylic acids is 2. The molecule has 0 spiro atoms. The number of aromatic nitrogens is 2. The molecule has 2 aromatic rings. The predicted octanol–water partition coefficient (Wildman–Crippen LogP) is 0.857. The molecule has 0 aliphatic carbocycles. The third kappa shape index (κ3) is 6.56. The van der Waals surface area contributed by atoms with Gasteiger partial charge in [0.05, 0.1) is 23.8 Å². The Morgan fingerprint density at radius 2 is 1.29 bits per heavy atom. The summed E-state index contributed by atoms with van der Waals surface area (Å²) in [5.74, 6) is -0.739. The van der Waals surface area contributed by atoms with Crippen LogP contribution in [0.25, 0.3) is 0 Å². The monoisotopic (exact) mass is 324 g/mol. The van der Waals surface area contributed by atoms with Crippen molar-refractivity contribution in [2.45, 2.75) is 12.8 Å². The highest BCUT2D eigenvalue weighted by atomic mass is 16.2. The number of pyridine rings is 2. The molecule has 8 heteroatoms.